The molecule has 3 heteroatoms. The largest absolute Gasteiger partial charge is 0.446 e. The molecule has 0 atom stereocenters. The Morgan fingerprint density at radius 1 is 1.10 bits per heavy atom. The van der Waals surface area contributed by atoms with Crippen molar-refractivity contribution in [3.8, 4) is 0 Å². The first-order valence-electron chi connectivity index (χ1n) is 2.81. The van der Waals surface area contributed by atoms with Crippen molar-refractivity contribution in [1.29, 1.82) is 0 Å². The summed E-state index contributed by atoms with van der Waals surface area (Å²) < 4.78 is 24.7. The molecule has 10 heavy (non-hydrogen) atoms. The van der Waals surface area contributed by atoms with E-state index < -0.39 is 11.6 Å². The van der Waals surface area contributed by atoms with Crippen molar-refractivity contribution in [3.63, 3.8) is 0 Å². The number of benzene rings is 1. The SMILES string of the molecule is [CH2-][NH2+]c1cc(F)cc(F)c1. The van der Waals surface area contributed by atoms with E-state index in [1.807, 2.05) is 0 Å². The third-order valence-corrected chi connectivity index (χ3v) is 1.12. The van der Waals surface area contributed by atoms with E-state index in [0.717, 1.165) is 6.07 Å². The third-order valence-electron chi connectivity index (χ3n) is 1.12. The zero-order chi connectivity index (χ0) is 7.56. The van der Waals surface area contributed by atoms with Gasteiger partial charge in [-0.1, -0.05) is 0 Å². The Labute approximate surface area is 57.7 Å². The fourth-order valence-electron chi connectivity index (χ4n) is 0.693. The summed E-state index contributed by atoms with van der Waals surface area (Å²) in [6.45, 7) is 0. The van der Waals surface area contributed by atoms with Crippen LogP contribution in [0.5, 0.6) is 0 Å². The standard InChI is InChI=1S/C7H7F2N/c1-10-7-3-5(8)2-6(9)4-7/h2-4H,1,10H2. The van der Waals surface area contributed by atoms with Crippen molar-refractivity contribution in [2.24, 2.45) is 0 Å². The number of hydrogen-bond acceptors (Lipinski definition) is 0. The van der Waals surface area contributed by atoms with E-state index in [1.54, 1.807) is 0 Å². The molecular weight excluding hydrogens is 136 g/mol. The van der Waals surface area contributed by atoms with E-state index in [1.165, 1.54) is 17.4 Å². The predicted molar refractivity (Wildman–Crippen MR) is 33.3 cm³/mol. The third kappa shape index (κ3) is 1.51. The number of rotatable bonds is 1. The lowest BCUT2D eigenvalue weighted by Crippen LogP contribution is -2.69. The fourth-order valence-corrected chi connectivity index (χ4v) is 0.693. The minimum Gasteiger partial charge on any atom is -0.446 e. The molecule has 0 fully saturated rings. The van der Waals surface area contributed by atoms with Gasteiger partial charge in [0.1, 0.15) is 17.3 Å². The van der Waals surface area contributed by atoms with Crippen LogP contribution < -0.4 is 5.32 Å². The van der Waals surface area contributed by atoms with Crippen molar-refractivity contribution in [2.75, 3.05) is 0 Å². The Morgan fingerprint density at radius 3 is 2.00 bits per heavy atom. The van der Waals surface area contributed by atoms with Gasteiger partial charge in [-0.2, -0.15) is 0 Å². The smallest absolute Gasteiger partial charge is 0.131 e. The second-order valence-electron chi connectivity index (χ2n) is 1.91. The van der Waals surface area contributed by atoms with Crippen LogP contribution in [0, 0.1) is 18.7 Å². The molecule has 0 aliphatic heterocycles. The van der Waals surface area contributed by atoms with Gasteiger partial charge in [-0.15, -0.1) is 7.05 Å². The molecule has 54 valence electrons. The molecule has 0 aliphatic carbocycles. The summed E-state index contributed by atoms with van der Waals surface area (Å²) in [5, 5.41) is 1.40. The highest BCUT2D eigenvalue weighted by molar-refractivity contribution is 5.29. The first-order valence-corrected chi connectivity index (χ1v) is 2.81. The molecule has 0 radical (unpaired) electrons. The summed E-state index contributed by atoms with van der Waals surface area (Å²) in [4.78, 5) is 0. The van der Waals surface area contributed by atoms with E-state index in [0.29, 0.717) is 5.69 Å². The van der Waals surface area contributed by atoms with Gasteiger partial charge in [0.2, 0.25) is 0 Å². The van der Waals surface area contributed by atoms with Crippen LogP contribution in [-0.2, 0) is 0 Å². The summed E-state index contributed by atoms with van der Waals surface area (Å²) >= 11 is 0. The van der Waals surface area contributed by atoms with Crippen molar-refractivity contribution < 1.29 is 14.1 Å². The number of hydrogen-bond donors (Lipinski definition) is 1. The summed E-state index contributed by atoms with van der Waals surface area (Å²) in [7, 11) is 3.38. The molecule has 2 N–H and O–H groups in total. The summed E-state index contributed by atoms with van der Waals surface area (Å²) in [5.41, 5.74) is 0.456. The van der Waals surface area contributed by atoms with Gasteiger partial charge in [-0.05, 0) is 0 Å². The number of quaternary nitrogens is 1. The Bertz CT molecular complexity index is 215. The molecule has 0 spiro atoms. The topological polar surface area (TPSA) is 16.6 Å². The quantitative estimate of drug-likeness (QED) is 0.445. The van der Waals surface area contributed by atoms with Crippen LogP contribution in [0.15, 0.2) is 18.2 Å². The lowest BCUT2D eigenvalue weighted by molar-refractivity contribution is -0.504. The van der Waals surface area contributed by atoms with E-state index in [-0.39, 0.29) is 0 Å². The maximum atomic E-state index is 12.3. The first-order chi connectivity index (χ1) is 4.72. The molecular formula is C7H7F2N. The molecule has 1 aromatic carbocycles. The van der Waals surface area contributed by atoms with E-state index in [4.69, 9.17) is 0 Å². The van der Waals surface area contributed by atoms with E-state index >= 15 is 0 Å². The lowest BCUT2D eigenvalue weighted by Gasteiger charge is -1.98. The van der Waals surface area contributed by atoms with E-state index in [2.05, 4.69) is 7.05 Å². The fraction of sp³-hybridized carbons (Fsp3) is 0. The maximum Gasteiger partial charge on any atom is 0.131 e. The highest BCUT2D eigenvalue weighted by Gasteiger charge is 1.98. The molecule has 0 saturated carbocycles. The summed E-state index contributed by atoms with van der Waals surface area (Å²) in [5.74, 6) is -1.15. The summed E-state index contributed by atoms with van der Waals surface area (Å²) in [6.07, 6.45) is 0. The lowest BCUT2D eigenvalue weighted by atomic mass is 10.3. The second kappa shape index (κ2) is 2.75. The molecule has 0 bridgehead atoms. The van der Waals surface area contributed by atoms with Crippen molar-refractivity contribution >= 4 is 5.69 Å². The molecule has 0 heterocycles. The second-order valence-corrected chi connectivity index (χ2v) is 1.91. The van der Waals surface area contributed by atoms with Gasteiger partial charge in [-0.25, -0.2) is 8.78 Å². The highest BCUT2D eigenvalue weighted by atomic mass is 19.1. The Hall–Kier alpha value is -0.960. The average molecular weight is 143 g/mol. The predicted octanol–water partition coefficient (Wildman–Crippen LogP) is 0.951. The van der Waals surface area contributed by atoms with Gasteiger partial charge in [0.15, 0.2) is 0 Å². The van der Waals surface area contributed by atoms with Crippen LogP contribution in [0.25, 0.3) is 0 Å². The molecule has 0 unspecified atom stereocenters. The van der Waals surface area contributed by atoms with Gasteiger partial charge in [0.25, 0.3) is 0 Å². The van der Waals surface area contributed by atoms with Crippen molar-refractivity contribution in [2.45, 2.75) is 0 Å². The first kappa shape index (κ1) is 7.15. The van der Waals surface area contributed by atoms with Gasteiger partial charge < -0.3 is 5.32 Å². The Morgan fingerprint density at radius 2 is 1.60 bits per heavy atom. The molecule has 0 saturated heterocycles. The van der Waals surface area contributed by atoms with Gasteiger partial charge in [-0.3, -0.25) is 0 Å². The van der Waals surface area contributed by atoms with Crippen LogP contribution in [0.2, 0.25) is 0 Å². The normalized spacial score (nSPS) is 9.90. The van der Waals surface area contributed by atoms with Crippen molar-refractivity contribution in [3.05, 3.63) is 36.9 Å². The minimum atomic E-state index is -0.574. The van der Waals surface area contributed by atoms with E-state index in [9.17, 15) is 8.78 Å². The van der Waals surface area contributed by atoms with Crippen LogP contribution in [0.3, 0.4) is 0 Å². The highest BCUT2D eigenvalue weighted by Crippen LogP contribution is 2.07. The maximum absolute atomic E-state index is 12.3. The van der Waals surface area contributed by atoms with Crippen LogP contribution >= 0.6 is 0 Å². The van der Waals surface area contributed by atoms with Crippen LogP contribution in [0.1, 0.15) is 0 Å². The van der Waals surface area contributed by atoms with Crippen LogP contribution in [-0.4, -0.2) is 0 Å². The Kier molecular flexibility index (Phi) is 1.97. The molecule has 0 aromatic heterocycles. The van der Waals surface area contributed by atoms with Gasteiger partial charge in [0, 0.05) is 18.2 Å². The zero-order valence-electron chi connectivity index (χ0n) is 5.27. The minimum absolute atomic E-state index is 0.456. The Balaban J connectivity index is 3.06. The van der Waals surface area contributed by atoms with Crippen molar-refractivity contribution in [1.82, 2.24) is 0 Å². The van der Waals surface area contributed by atoms with Gasteiger partial charge in [0.05, 0.1) is 0 Å². The number of nitrogens with two attached hydrogens (primary N) is 1. The monoisotopic (exact) mass is 143 g/mol. The van der Waals surface area contributed by atoms with Crippen LogP contribution in [0.4, 0.5) is 14.5 Å². The molecule has 1 aromatic rings. The van der Waals surface area contributed by atoms with Gasteiger partial charge >= 0.3 is 0 Å². The molecule has 1 rings (SSSR count). The number of halogens is 2. The molecule has 0 aliphatic rings. The average Bonchev–Trinajstić information content (AvgIpc) is 1.85. The summed E-state index contributed by atoms with van der Waals surface area (Å²) in [6, 6.07) is 3.26. The zero-order valence-corrected chi connectivity index (χ0v) is 5.27. The molecule has 0 amide bonds. The molecule has 1 nitrogen and oxygen atoms in total.